The molecule has 0 heterocycles. The van der Waals surface area contributed by atoms with E-state index in [2.05, 4.69) is 10.5 Å². The number of nitrogens with one attached hydrogen (secondary N) is 1. The Hall–Kier alpha value is -3.85. The maximum atomic E-state index is 13.6. The van der Waals surface area contributed by atoms with Crippen LogP contribution in [0.5, 0.6) is 11.5 Å². The quantitative estimate of drug-likeness (QED) is 0.307. The van der Waals surface area contributed by atoms with Gasteiger partial charge in [-0.1, -0.05) is 48.0 Å². The Morgan fingerprint density at radius 2 is 1.61 bits per heavy atom. The van der Waals surface area contributed by atoms with Crippen LogP contribution in [-0.2, 0) is 21.2 Å². The fourth-order valence-corrected chi connectivity index (χ4v) is 4.89. The first kappa shape index (κ1) is 26.7. The minimum Gasteiger partial charge on any atom is -0.493 e. The van der Waals surface area contributed by atoms with E-state index in [1.54, 1.807) is 24.3 Å². The molecule has 0 atom stereocenters. The van der Waals surface area contributed by atoms with Gasteiger partial charge in [0.15, 0.2) is 11.5 Å². The second-order valence-corrected chi connectivity index (χ2v) is 10.1. The molecule has 0 aliphatic rings. The number of benzene rings is 3. The Morgan fingerprint density at radius 1 is 0.944 bits per heavy atom. The molecule has 0 saturated heterocycles. The zero-order valence-electron chi connectivity index (χ0n) is 20.9. The molecule has 1 N–H and O–H groups in total. The van der Waals surface area contributed by atoms with Crippen LogP contribution in [0, 0.1) is 6.92 Å². The van der Waals surface area contributed by atoms with Gasteiger partial charge in [0.05, 0.1) is 24.8 Å². The lowest BCUT2D eigenvalue weighted by molar-refractivity contribution is -0.119. The van der Waals surface area contributed by atoms with E-state index in [0.717, 1.165) is 22.0 Å². The number of nitrogens with zero attached hydrogens (tertiary/aromatic N) is 2. The first-order valence-corrected chi connectivity index (χ1v) is 12.9. The first-order chi connectivity index (χ1) is 17.2. The number of carbonyl (C=O) groups is 1. The average molecular weight is 510 g/mol. The molecule has 9 heteroatoms. The summed E-state index contributed by atoms with van der Waals surface area (Å²) < 4.78 is 38.8. The molecule has 36 heavy (non-hydrogen) atoms. The van der Waals surface area contributed by atoms with Crippen LogP contribution in [0.3, 0.4) is 0 Å². The maximum absolute atomic E-state index is 13.6. The summed E-state index contributed by atoms with van der Waals surface area (Å²) in [7, 11) is -1.12. The van der Waals surface area contributed by atoms with Gasteiger partial charge in [-0.15, -0.1) is 0 Å². The largest absolute Gasteiger partial charge is 0.493 e. The van der Waals surface area contributed by atoms with Crippen molar-refractivity contribution in [3.8, 4) is 11.5 Å². The third kappa shape index (κ3) is 6.85. The lowest BCUT2D eigenvalue weighted by atomic mass is 10.1. The molecule has 0 radical (unpaired) electrons. The van der Waals surface area contributed by atoms with Crippen molar-refractivity contribution in [2.45, 2.75) is 31.6 Å². The predicted octanol–water partition coefficient (Wildman–Crippen LogP) is 4.33. The number of sulfonamides is 1. The molecule has 190 valence electrons. The van der Waals surface area contributed by atoms with Crippen LogP contribution < -0.4 is 19.2 Å². The van der Waals surface area contributed by atoms with Crippen LogP contribution in [-0.4, -0.2) is 40.8 Å². The predicted molar refractivity (Wildman–Crippen MR) is 141 cm³/mol. The molecule has 8 nitrogen and oxygen atoms in total. The van der Waals surface area contributed by atoms with Crippen LogP contribution in [0.2, 0.25) is 0 Å². The molecule has 1 amide bonds. The highest BCUT2D eigenvalue weighted by Gasteiger charge is 2.28. The lowest BCUT2D eigenvalue weighted by Gasteiger charge is -2.24. The molecule has 3 aromatic carbocycles. The SMILES string of the molecule is COc1ccc(N(CC(=O)N/N=C(/C)CCc2ccccc2)S(=O)(=O)c2ccc(C)cc2)cc1OC. The zero-order chi connectivity index (χ0) is 26.1. The maximum Gasteiger partial charge on any atom is 0.264 e. The van der Waals surface area contributed by atoms with Gasteiger partial charge in [0.1, 0.15) is 6.54 Å². The molecule has 0 aliphatic carbocycles. The number of hydrazone groups is 1. The van der Waals surface area contributed by atoms with E-state index < -0.39 is 22.5 Å². The summed E-state index contributed by atoms with van der Waals surface area (Å²) in [6, 6.07) is 21.1. The van der Waals surface area contributed by atoms with Gasteiger partial charge in [-0.25, -0.2) is 13.8 Å². The lowest BCUT2D eigenvalue weighted by Crippen LogP contribution is -2.39. The van der Waals surface area contributed by atoms with Crippen LogP contribution in [0.25, 0.3) is 0 Å². The molecule has 0 unspecified atom stereocenters. The summed E-state index contributed by atoms with van der Waals surface area (Å²) in [5.74, 6) is 0.214. The van der Waals surface area contributed by atoms with Crippen LogP contribution in [0.15, 0.2) is 82.8 Å². The Morgan fingerprint density at radius 3 is 2.25 bits per heavy atom. The summed E-state index contributed by atoms with van der Waals surface area (Å²) in [6.07, 6.45) is 1.44. The molecule has 3 aromatic rings. The third-order valence-electron chi connectivity index (χ3n) is 5.54. The topological polar surface area (TPSA) is 97.3 Å². The molecule has 3 rings (SSSR count). The Balaban J connectivity index is 1.83. The summed E-state index contributed by atoms with van der Waals surface area (Å²) >= 11 is 0. The standard InChI is InChI=1S/C27H31N3O5S/c1-20-10-15-24(16-11-20)36(32,33)30(23-14-17-25(34-3)26(18-23)35-4)19-27(31)29-28-21(2)12-13-22-8-6-5-7-9-22/h5-11,14-18H,12-13,19H2,1-4H3,(H,29,31)/b28-21-. The van der Waals surface area contributed by atoms with E-state index in [9.17, 15) is 13.2 Å². The minimum absolute atomic E-state index is 0.0678. The fraction of sp³-hybridized carbons (Fsp3) is 0.259. The molecule has 0 spiro atoms. The number of methoxy groups -OCH3 is 2. The number of hydrogen-bond acceptors (Lipinski definition) is 6. The normalized spacial score (nSPS) is 11.6. The van der Waals surface area contributed by atoms with E-state index in [0.29, 0.717) is 17.9 Å². The van der Waals surface area contributed by atoms with Crippen molar-refractivity contribution < 1.29 is 22.7 Å². The van der Waals surface area contributed by atoms with Gasteiger partial charge in [0, 0.05) is 11.8 Å². The van der Waals surface area contributed by atoms with Crippen molar-refractivity contribution in [1.29, 1.82) is 0 Å². The molecule has 0 bridgehead atoms. The minimum atomic E-state index is -4.07. The van der Waals surface area contributed by atoms with E-state index in [-0.39, 0.29) is 10.6 Å². The van der Waals surface area contributed by atoms with Gasteiger partial charge in [-0.05, 0) is 56.5 Å². The van der Waals surface area contributed by atoms with Crippen molar-refractivity contribution in [2.75, 3.05) is 25.1 Å². The molecule has 0 aromatic heterocycles. The summed E-state index contributed by atoms with van der Waals surface area (Å²) in [5, 5.41) is 4.16. The van der Waals surface area contributed by atoms with Gasteiger partial charge in [0.2, 0.25) is 0 Å². The van der Waals surface area contributed by atoms with Gasteiger partial charge in [-0.2, -0.15) is 5.10 Å². The number of amides is 1. The van der Waals surface area contributed by atoms with Crippen LogP contribution >= 0.6 is 0 Å². The number of rotatable bonds is 11. The van der Waals surface area contributed by atoms with Crippen molar-refractivity contribution in [3.63, 3.8) is 0 Å². The summed E-state index contributed by atoms with van der Waals surface area (Å²) in [4.78, 5) is 12.9. The Kier molecular flexibility index (Phi) is 9.08. The number of carbonyl (C=O) groups excluding carboxylic acids is 1. The van der Waals surface area contributed by atoms with Crippen molar-refractivity contribution in [2.24, 2.45) is 5.10 Å². The highest BCUT2D eigenvalue weighted by molar-refractivity contribution is 7.92. The smallest absolute Gasteiger partial charge is 0.264 e. The number of aryl methyl sites for hydroxylation is 2. The average Bonchev–Trinajstić information content (AvgIpc) is 2.89. The number of hydrogen-bond donors (Lipinski definition) is 1. The van der Waals surface area contributed by atoms with Crippen molar-refractivity contribution in [3.05, 3.63) is 83.9 Å². The Labute approximate surface area is 212 Å². The first-order valence-electron chi connectivity index (χ1n) is 11.4. The molecular weight excluding hydrogens is 478 g/mol. The molecule has 0 aliphatic heterocycles. The van der Waals surface area contributed by atoms with Crippen molar-refractivity contribution >= 4 is 27.3 Å². The Bertz CT molecular complexity index is 1310. The van der Waals surface area contributed by atoms with Crippen LogP contribution in [0.4, 0.5) is 5.69 Å². The second-order valence-electron chi connectivity index (χ2n) is 8.23. The number of ether oxygens (including phenoxy) is 2. The summed E-state index contributed by atoms with van der Waals surface area (Å²) in [6.45, 7) is 3.22. The highest BCUT2D eigenvalue weighted by atomic mass is 32.2. The van der Waals surface area contributed by atoms with E-state index >= 15 is 0 Å². The van der Waals surface area contributed by atoms with Gasteiger partial charge < -0.3 is 9.47 Å². The van der Waals surface area contributed by atoms with E-state index in [1.807, 2.05) is 44.2 Å². The molecular formula is C27H31N3O5S. The van der Waals surface area contributed by atoms with Gasteiger partial charge in [-0.3, -0.25) is 9.10 Å². The van der Waals surface area contributed by atoms with E-state index in [1.165, 1.54) is 38.0 Å². The summed E-state index contributed by atoms with van der Waals surface area (Å²) in [5.41, 5.74) is 5.57. The zero-order valence-corrected chi connectivity index (χ0v) is 21.7. The third-order valence-corrected chi connectivity index (χ3v) is 7.33. The number of anilines is 1. The van der Waals surface area contributed by atoms with Gasteiger partial charge >= 0.3 is 0 Å². The van der Waals surface area contributed by atoms with Crippen molar-refractivity contribution in [1.82, 2.24) is 5.43 Å². The molecule has 0 saturated carbocycles. The van der Waals surface area contributed by atoms with Crippen LogP contribution in [0.1, 0.15) is 24.5 Å². The highest BCUT2D eigenvalue weighted by Crippen LogP contribution is 2.33. The fourth-order valence-electron chi connectivity index (χ4n) is 3.48. The molecule has 0 fully saturated rings. The second kappa shape index (κ2) is 12.2. The van der Waals surface area contributed by atoms with Gasteiger partial charge in [0.25, 0.3) is 15.9 Å². The van der Waals surface area contributed by atoms with E-state index in [4.69, 9.17) is 9.47 Å². The monoisotopic (exact) mass is 509 g/mol.